The highest BCUT2D eigenvalue weighted by molar-refractivity contribution is 4.45. The minimum Gasteiger partial charge on any atom is -0.330 e. The molecule has 5 heteroatoms. The first kappa shape index (κ1) is 8.89. The van der Waals surface area contributed by atoms with Gasteiger partial charge >= 0.3 is 6.48 Å². The summed E-state index contributed by atoms with van der Waals surface area (Å²) in [6.45, 7) is 2.96. The van der Waals surface area contributed by atoms with E-state index in [2.05, 4.69) is 14.5 Å². The van der Waals surface area contributed by atoms with E-state index in [4.69, 9.17) is 9.78 Å². The lowest BCUT2D eigenvalue weighted by atomic mass is 10.2. The van der Waals surface area contributed by atoms with Crippen LogP contribution in [0.25, 0.3) is 0 Å². The third-order valence-electron chi connectivity index (χ3n) is 1.19. The average molecular weight is 164 g/mol. The molecule has 0 atom stereocenters. The zero-order valence-corrected chi connectivity index (χ0v) is 6.77. The summed E-state index contributed by atoms with van der Waals surface area (Å²) >= 11 is 0. The van der Waals surface area contributed by atoms with E-state index in [1.807, 2.05) is 13.8 Å². The molecule has 0 aromatic rings. The number of hydrogen-bond donors (Lipinski definition) is 0. The molecule has 1 aliphatic rings. The van der Waals surface area contributed by atoms with Crippen molar-refractivity contribution in [2.75, 3.05) is 7.11 Å². The number of hydrogen-bond acceptors (Lipinski definition) is 5. The Morgan fingerprint density at radius 1 is 1.09 bits per heavy atom. The molecule has 66 valence electrons. The first-order chi connectivity index (χ1) is 5.24. The Morgan fingerprint density at radius 3 is 2.00 bits per heavy atom. The molecule has 0 saturated carbocycles. The van der Waals surface area contributed by atoms with Gasteiger partial charge in [-0.2, -0.15) is 19.6 Å². The summed E-state index contributed by atoms with van der Waals surface area (Å²) in [7, 11) is 1.42. The topological polar surface area (TPSA) is 46.2 Å². The van der Waals surface area contributed by atoms with Gasteiger partial charge in [-0.15, -0.1) is 0 Å². The van der Waals surface area contributed by atoms with E-state index in [1.54, 1.807) is 0 Å². The molecule has 0 aromatic carbocycles. The lowest BCUT2D eigenvalue weighted by Gasteiger charge is -2.27. The molecular weight excluding hydrogens is 152 g/mol. The summed E-state index contributed by atoms with van der Waals surface area (Å²) in [4.78, 5) is 18.8. The summed E-state index contributed by atoms with van der Waals surface area (Å²) in [6, 6.07) is 0. The van der Waals surface area contributed by atoms with E-state index in [-0.39, 0.29) is 5.92 Å². The molecule has 0 spiro atoms. The minimum absolute atomic E-state index is 0.174. The maximum atomic E-state index is 4.77. The molecule has 0 aliphatic carbocycles. The zero-order chi connectivity index (χ0) is 8.27. The van der Waals surface area contributed by atoms with E-state index < -0.39 is 12.8 Å². The van der Waals surface area contributed by atoms with Gasteiger partial charge in [0, 0.05) is 13.0 Å². The summed E-state index contributed by atoms with van der Waals surface area (Å²) in [5.41, 5.74) is 0. The van der Waals surface area contributed by atoms with Gasteiger partial charge in [0.2, 0.25) is 6.29 Å². The fourth-order valence-corrected chi connectivity index (χ4v) is 0.533. The molecule has 1 aliphatic heterocycles. The Morgan fingerprint density at radius 2 is 1.64 bits per heavy atom. The molecule has 1 saturated heterocycles. The molecule has 5 nitrogen and oxygen atoms in total. The van der Waals surface area contributed by atoms with Crippen LogP contribution in [0.2, 0.25) is 0 Å². The smallest absolute Gasteiger partial charge is 0.329 e. The summed E-state index contributed by atoms with van der Waals surface area (Å²) in [6.07, 6.45) is -0.485. The van der Waals surface area contributed by atoms with Crippen molar-refractivity contribution in [2.24, 2.45) is 5.92 Å². The van der Waals surface area contributed by atoms with Gasteiger partial charge in [0.15, 0.2) is 0 Å². The van der Waals surface area contributed by atoms with Crippen LogP contribution < -0.4 is 0 Å². The quantitative estimate of drug-likeness (QED) is 0.565. The second kappa shape index (κ2) is 3.99. The lowest BCUT2D eigenvalue weighted by Crippen LogP contribution is -2.35. The van der Waals surface area contributed by atoms with Crippen LogP contribution in [0.4, 0.5) is 0 Å². The standard InChI is InChI=1S/C6H12O5/c1-4(2)5-8-10-6(7-3)11-9-5/h4-6H,1-3H3. The largest absolute Gasteiger partial charge is 0.330 e. The highest BCUT2D eigenvalue weighted by Gasteiger charge is 2.27. The Bertz CT molecular complexity index is 108. The van der Waals surface area contributed by atoms with Gasteiger partial charge in [-0.25, -0.2) is 0 Å². The zero-order valence-electron chi connectivity index (χ0n) is 6.77. The summed E-state index contributed by atoms with van der Waals surface area (Å²) in [5, 5.41) is 0. The van der Waals surface area contributed by atoms with Crippen molar-refractivity contribution in [1.29, 1.82) is 0 Å². The molecule has 1 fully saturated rings. The fourth-order valence-electron chi connectivity index (χ4n) is 0.533. The van der Waals surface area contributed by atoms with E-state index in [0.29, 0.717) is 0 Å². The number of ether oxygens (including phenoxy) is 1. The minimum atomic E-state index is -0.884. The van der Waals surface area contributed by atoms with Crippen LogP contribution in [-0.4, -0.2) is 19.9 Å². The maximum Gasteiger partial charge on any atom is 0.329 e. The van der Waals surface area contributed by atoms with Crippen molar-refractivity contribution in [3.8, 4) is 0 Å². The highest BCUT2D eigenvalue weighted by atomic mass is 17.4. The van der Waals surface area contributed by atoms with Gasteiger partial charge < -0.3 is 4.74 Å². The second-order valence-corrected chi connectivity index (χ2v) is 2.52. The molecule has 11 heavy (non-hydrogen) atoms. The Labute approximate surface area is 65.0 Å². The normalized spacial score (nSPS) is 32.7. The van der Waals surface area contributed by atoms with Crippen LogP contribution in [0, 0.1) is 5.92 Å². The molecule has 0 unspecified atom stereocenters. The monoisotopic (exact) mass is 164 g/mol. The molecule has 0 bridgehead atoms. The fraction of sp³-hybridized carbons (Fsp3) is 1.00. The van der Waals surface area contributed by atoms with E-state index in [1.165, 1.54) is 7.11 Å². The van der Waals surface area contributed by atoms with Crippen LogP contribution in [0.5, 0.6) is 0 Å². The van der Waals surface area contributed by atoms with Crippen molar-refractivity contribution in [3.63, 3.8) is 0 Å². The first-order valence-electron chi connectivity index (χ1n) is 3.41. The van der Waals surface area contributed by atoms with Crippen LogP contribution in [0.15, 0.2) is 0 Å². The Balaban J connectivity index is 2.24. The van der Waals surface area contributed by atoms with E-state index >= 15 is 0 Å². The van der Waals surface area contributed by atoms with Gasteiger partial charge in [-0.3, -0.25) is 0 Å². The van der Waals surface area contributed by atoms with Crippen LogP contribution >= 0.6 is 0 Å². The third kappa shape index (κ3) is 2.39. The predicted octanol–water partition coefficient (Wildman–Crippen LogP) is 0.808. The van der Waals surface area contributed by atoms with E-state index in [0.717, 1.165) is 0 Å². The van der Waals surface area contributed by atoms with Crippen molar-refractivity contribution in [3.05, 3.63) is 0 Å². The van der Waals surface area contributed by atoms with Crippen molar-refractivity contribution in [2.45, 2.75) is 26.6 Å². The molecule has 0 amide bonds. The predicted molar refractivity (Wildman–Crippen MR) is 33.8 cm³/mol. The molecule has 1 heterocycles. The van der Waals surface area contributed by atoms with E-state index in [9.17, 15) is 0 Å². The van der Waals surface area contributed by atoms with Gasteiger partial charge in [0.05, 0.1) is 0 Å². The Kier molecular flexibility index (Phi) is 3.22. The van der Waals surface area contributed by atoms with Crippen LogP contribution in [-0.2, 0) is 24.3 Å². The van der Waals surface area contributed by atoms with Gasteiger partial charge in [-0.05, 0) is 0 Å². The molecule has 0 radical (unpaired) electrons. The van der Waals surface area contributed by atoms with Crippen LogP contribution in [0.3, 0.4) is 0 Å². The second-order valence-electron chi connectivity index (χ2n) is 2.52. The van der Waals surface area contributed by atoms with Gasteiger partial charge in [0.25, 0.3) is 0 Å². The molecular formula is C6H12O5. The summed E-state index contributed by atoms with van der Waals surface area (Å²) < 4.78 is 4.62. The molecule has 1 rings (SSSR count). The third-order valence-corrected chi connectivity index (χ3v) is 1.19. The maximum absolute atomic E-state index is 4.77. The first-order valence-corrected chi connectivity index (χ1v) is 3.41. The van der Waals surface area contributed by atoms with Crippen molar-refractivity contribution in [1.82, 2.24) is 0 Å². The number of methoxy groups -OCH3 is 1. The average Bonchev–Trinajstić information content (AvgIpc) is 2.05. The molecule has 0 aromatic heterocycles. The highest BCUT2D eigenvalue weighted by Crippen LogP contribution is 2.16. The van der Waals surface area contributed by atoms with Crippen molar-refractivity contribution < 1.29 is 24.3 Å². The Hall–Kier alpha value is -0.200. The van der Waals surface area contributed by atoms with Crippen LogP contribution in [0.1, 0.15) is 13.8 Å². The van der Waals surface area contributed by atoms with Crippen molar-refractivity contribution >= 4 is 0 Å². The van der Waals surface area contributed by atoms with Gasteiger partial charge in [-0.1, -0.05) is 13.8 Å². The van der Waals surface area contributed by atoms with Gasteiger partial charge in [0.1, 0.15) is 0 Å². The SMILES string of the molecule is COC1OOC(C(C)C)OO1. The summed E-state index contributed by atoms with van der Waals surface area (Å²) in [5.74, 6) is 0.174. The number of rotatable bonds is 2. The lowest BCUT2D eigenvalue weighted by molar-refractivity contribution is -0.630. The molecule has 0 N–H and O–H groups in total.